The Bertz CT molecular complexity index is 506. The minimum absolute atomic E-state index is 0. The molecule has 1 aromatic heterocycles. The highest BCUT2D eigenvalue weighted by Crippen LogP contribution is 2.36. The van der Waals surface area contributed by atoms with Crippen molar-refractivity contribution in [1.82, 2.24) is 0 Å². The van der Waals surface area contributed by atoms with Crippen LogP contribution in [0.4, 0.5) is 4.39 Å². The molecule has 0 aliphatic rings. The molecule has 0 unspecified atom stereocenters. The first kappa shape index (κ1) is 14.4. The Morgan fingerprint density at radius 3 is 2.65 bits per heavy atom. The summed E-state index contributed by atoms with van der Waals surface area (Å²) in [5.74, 6) is -0.637. The third-order valence-corrected chi connectivity index (χ3v) is 3.87. The smallest absolute Gasteiger partial charge is 0.137 e. The molecule has 0 aliphatic heterocycles. The van der Waals surface area contributed by atoms with Crippen molar-refractivity contribution in [3.63, 3.8) is 0 Å². The van der Waals surface area contributed by atoms with Gasteiger partial charge >= 0.3 is 0 Å². The van der Waals surface area contributed by atoms with Crippen LogP contribution in [0.25, 0.3) is 0 Å². The lowest BCUT2D eigenvalue weighted by molar-refractivity contribution is 0.451. The van der Waals surface area contributed by atoms with E-state index in [9.17, 15) is 9.50 Å². The summed E-state index contributed by atoms with van der Waals surface area (Å²) in [5.41, 5.74) is 6.04. The molecule has 0 aliphatic carbocycles. The fraction of sp³-hybridized carbons (Fsp3) is 0.0909. The second-order valence-corrected chi connectivity index (χ2v) is 5.12. The van der Waals surface area contributed by atoms with Gasteiger partial charge in [0.15, 0.2) is 0 Å². The molecule has 1 atom stereocenters. The Morgan fingerprint density at radius 2 is 2.06 bits per heavy atom. The second kappa shape index (κ2) is 5.82. The molecule has 0 amide bonds. The molecule has 0 saturated heterocycles. The highest BCUT2D eigenvalue weighted by Gasteiger charge is 2.20. The van der Waals surface area contributed by atoms with Crippen molar-refractivity contribution in [3.8, 4) is 5.75 Å². The number of aromatic hydroxyl groups is 1. The lowest BCUT2D eigenvalue weighted by Gasteiger charge is -2.13. The molecule has 0 saturated carbocycles. The summed E-state index contributed by atoms with van der Waals surface area (Å²) in [4.78, 5) is 0.812. The maximum absolute atomic E-state index is 13.6. The van der Waals surface area contributed by atoms with Gasteiger partial charge < -0.3 is 10.8 Å². The minimum Gasteiger partial charge on any atom is -0.506 e. The molecule has 17 heavy (non-hydrogen) atoms. The first-order chi connectivity index (χ1) is 7.61. The number of hydrogen-bond donors (Lipinski definition) is 2. The molecule has 1 aromatic carbocycles. The largest absolute Gasteiger partial charge is 0.506 e. The zero-order valence-corrected chi connectivity index (χ0v) is 11.8. The van der Waals surface area contributed by atoms with Gasteiger partial charge in [0.25, 0.3) is 0 Å². The minimum atomic E-state index is -0.641. The van der Waals surface area contributed by atoms with Gasteiger partial charge in [-0.25, -0.2) is 4.39 Å². The predicted molar refractivity (Wildman–Crippen MR) is 73.4 cm³/mol. The summed E-state index contributed by atoms with van der Waals surface area (Å²) in [5, 5.41) is 11.6. The zero-order valence-electron chi connectivity index (χ0n) is 8.56. The number of rotatable bonds is 2. The van der Waals surface area contributed by atoms with Gasteiger partial charge in [-0.3, -0.25) is 0 Å². The SMILES string of the molecule is Cl.N[C@@H](c1cccs1)c1c(F)ccc(Br)c1O. The van der Waals surface area contributed by atoms with Gasteiger partial charge in [0.1, 0.15) is 11.6 Å². The number of phenols is 1. The van der Waals surface area contributed by atoms with E-state index < -0.39 is 11.9 Å². The predicted octanol–water partition coefficient (Wildman–Crippen LogP) is 3.83. The molecule has 0 radical (unpaired) electrons. The van der Waals surface area contributed by atoms with Gasteiger partial charge in [0, 0.05) is 4.88 Å². The van der Waals surface area contributed by atoms with E-state index in [1.807, 2.05) is 17.5 Å². The van der Waals surface area contributed by atoms with Crippen LogP contribution in [0.3, 0.4) is 0 Å². The van der Waals surface area contributed by atoms with Crippen LogP contribution >= 0.6 is 39.7 Å². The lowest BCUT2D eigenvalue weighted by Crippen LogP contribution is -2.12. The first-order valence-corrected chi connectivity index (χ1v) is 6.24. The Kier molecular flexibility index (Phi) is 4.94. The van der Waals surface area contributed by atoms with Crippen LogP contribution in [0.15, 0.2) is 34.1 Å². The van der Waals surface area contributed by atoms with Crippen molar-refractivity contribution >= 4 is 39.7 Å². The van der Waals surface area contributed by atoms with Crippen LogP contribution < -0.4 is 5.73 Å². The molecule has 2 aromatic rings. The molecule has 0 spiro atoms. The third kappa shape index (κ3) is 2.80. The zero-order chi connectivity index (χ0) is 11.7. The molecular weight excluding hydrogens is 329 g/mol. The Hall–Kier alpha value is -0.620. The van der Waals surface area contributed by atoms with Gasteiger partial charge in [-0.2, -0.15) is 0 Å². The average molecular weight is 339 g/mol. The molecule has 1 heterocycles. The molecule has 3 N–H and O–H groups in total. The highest BCUT2D eigenvalue weighted by molar-refractivity contribution is 9.10. The van der Waals surface area contributed by atoms with Gasteiger partial charge in [-0.15, -0.1) is 23.7 Å². The molecule has 0 fully saturated rings. The van der Waals surface area contributed by atoms with Crippen LogP contribution in [0.5, 0.6) is 5.75 Å². The van der Waals surface area contributed by atoms with E-state index in [-0.39, 0.29) is 23.7 Å². The van der Waals surface area contributed by atoms with Crippen LogP contribution in [0.1, 0.15) is 16.5 Å². The summed E-state index contributed by atoms with van der Waals surface area (Å²) in [6.07, 6.45) is 0. The summed E-state index contributed by atoms with van der Waals surface area (Å²) in [6, 6.07) is 5.75. The molecule has 92 valence electrons. The van der Waals surface area contributed by atoms with Crippen LogP contribution in [0, 0.1) is 5.82 Å². The van der Waals surface area contributed by atoms with E-state index in [2.05, 4.69) is 15.9 Å². The van der Waals surface area contributed by atoms with E-state index in [1.54, 1.807) is 0 Å². The number of nitrogens with two attached hydrogens (primary N) is 1. The molecule has 2 nitrogen and oxygen atoms in total. The monoisotopic (exact) mass is 337 g/mol. The fourth-order valence-corrected chi connectivity index (χ4v) is 2.54. The van der Waals surface area contributed by atoms with Crippen LogP contribution in [-0.2, 0) is 0 Å². The van der Waals surface area contributed by atoms with Crippen LogP contribution in [0.2, 0.25) is 0 Å². The van der Waals surface area contributed by atoms with E-state index in [0.29, 0.717) is 4.47 Å². The van der Waals surface area contributed by atoms with Gasteiger partial charge in [-0.1, -0.05) is 6.07 Å². The van der Waals surface area contributed by atoms with Crippen molar-refractivity contribution in [3.05, 3.63) is 50.4 Å². The topological polar surface area (TPSA) is 46.2 Å². The maximum atomic E-state index is 13.6. The molecule has 0 bridgehead atoms. The first-order valence-electron chi connectivity index (χ1n) is 4.57. The average Bonchev–Trinajstić information content (AvgIpc) is 2.77. The summed E-state index contributed by atoms with van der Waals surface area (Å²) in [6.45, 7) is 0. The van der Waals surface area contributed by atoms with E-state index in [4.69, 9.17) is 5.73 Å². The quantitative estimate of drug-likeness (QED) is 0.874. The maximum Gasteiger partial charge on any atom is 0.137 e. The number of phenolic OH excluding ortho intramolecular Hbond substituents is 1. The lowest BCUT2D eigenvalue weighted by atomic mass is 10.0. The van der Waals surface area contributed by atoms with Crippen molar-refractivity contribution in [2.75, 3.05) is 0 Å². The summed E-state index contributed by atoms with van der Waals surface area (Å²) < 4.78 is 14.1. The Labute approximate surface area is 117 Å². The fourth-order valence-electron chi connectivity index (χ4n) is 1.46. The van der Waals surface area contributed by atoms with Gasteiger partial charge in [0.05, 0.1) is 16.1 Å². The van der Waals surface area contributed by atoms with Gasteiger partial charge in [-0.05, 0) is 39.5 Å². The van der Waals surface area contributed by atoms with E-state index in [1.165, 1.54) is 23.5 Å². The number of benzene rings is 1. The Balaban J connectivity index is 0.00000144. The van der Waals surface area contributed by atoms with Crippen molar-refractivity contribution in [1.29, 1.82) is 0 Å². The normalized spacial score (nSPS) is 11.9. The summed E-state index contributed by atoms with van der Waals surface area (Å²) in [7, 11) is 0. The molecule has 6 heteroatoms. The highest BCUT2D eigenvalue weighted by atomic mass is 79.9. The number of hydrogen-bond acceptors (Lipinski definition) is 3. The van der Waals surface area contributed by atoms with E-state index in [0.717, 1.165) is 4.88 Å². The van der Waals surface area contributed by atoms with Crippen molar-refractivity contribution in [2.24, 2.45) is 5.73 Å². The second-order valence-electron chi connectivity index (χ2n) is 3.28. The number of halogens is 3. The van der Waals surface area contributed by atoms with Crippen LogP contribution in [-0.4, -0.2) is 5.11 Å². The molecular formula is C11H10BrClFNOS. The summed E-state index contributed by atoms with van der Waals surface area (Å²) >= 11 is 4.57. The molecule has 2 rings (SSSR count). The third-order valence-electron chi connectivity index (χ3n) is 2.28. The van der Waals surface area contributed by atoms with Gasteiger partial charge in [0.2, 0.25) is 0 Å². The van der Waals surface area contributed by atoms with Crippen molar-refractivity contribution < 1.29 is 9.50 Å². The number of thiophene rings is 1. The Morgan fingerprint density at radius 1 is 1.35 bits per heavy atom. The van der Waals surface area contributed by atoms with E-state index >= 15 is 0 Å². The van der Waals surface area contributed by atoms with Crippen molar-refractivity contribution in [2.45, 2.75) is 6.04 Å². The standard InChI is InChI=1S/C11H9BrFNOS.ClH/c12-6-3-4-7(13)9(11(6)15)10(14)8-2-1-5-16-8;/h1-5,10,15H,14H2;1H/t10-;/m0./s1.